The molecule has 20 heavy (non-hydrogen) atoms. The number of hydrogen-bond acceptors (Lipinski definition) is 2. The SMILES string of the molecule is CCN(CCC1CC1)C(=O)NC1CCC(C(=O)O)CC1. The summed E-state index contributed by atoms with van der Waals surface area (Å²) in [6, 6.07) is 0.167. The number of carboxylic acid groups (broad SMARTS) is 1. The van der Waals surface area contributed by atoms with Crippen LogP contribution in [0.15, 0.2) is 0 Å². The highest BCUT2D eigenvalue weighted by Crippen LogP contribution is 2.32. The number of hydrogen-bond donors (Lipinski definition) is 2. The van der Waals surface area contributed by atoms with E-state index in [1.54, 1.807) is 0 Å². The van der Waals surface area contributed by atoms with Gasteiger partial charge >= 0.3 is 12.0 Å². The molecule has 114 valence electrons. The van der Waals surface area contributed by atoms with Gasteiger partial charge in [0.1, 0.15) is 0 Å². The molecule has 2 rings (SSSR count). The molecule has 0 heterocycles. The van der Waals surface area contributed by atoms with E-state index in [1.165, 1.54) is 12.8 Å². The lowest BCUT2D eigenvalue weighted by atomic mass is 9.86. The van der Waals surface area contributed by atoms with Crippen LogP contribution in [0.2, 0.25) is 0 Å². The first-order valence-electron chi connectivity index (χ1n) is 7.88. The number of carbonyl (C=O) groups excluding carboxylic acids is 1. The number of carbonyl (C=O) groups is 2. The Bertz CT molecular complexity index is 347. The fourth-order valence-corrected chi connectivity index (χ4v) is 2.90. The van der Waals surface area contributed by atoms with E-state index in [-0.39, 0.29) is 18.0 Å². The fourth-order valence-electron chi connectivity index (χ4n) is 2.90. The van der Waals surface area contributed by atoms with Crippen LogP contribution in [0.1, 0.15) is 51.9 Å². The molecule has 0 aliphatic heterocycles. The molecule has 2 fully saturated rings. The van der Waals surface area contributed by atoms with Crippen molar-refractivity contribution in [2.24, 2.45) is 11.8 Å². The minimum absolute atomic E-state index is 0.0203. The highest BCUT2D eigenvalue weighted by Gasteiger charge is 2.28. The second kappa shape index (κ2) is 6.95. The maximum absolute atomic E-state index is 12.2. The highest BCUT2D eigenvalue weighted by molar-refractivity contribution is 5.74. The quantitative estimate of drug-likeness (QED) is 0.786. The Morgan fingerprint density at radius 2 is 1.80 bits per heavy atom. The van der Waals surface area contributed by atoms with Crippen molar-refractivity contribution in [2.45, 2.75) is 57.9 Å². The monoisotopic (exact) mass is 282 g/mol. The summed E-state index contributed by atoms with van der Waals surface area (Å²) in [6.45, 7) is 3.59. The highest BCUT2D eigenvalue weighted by atomic mass is 16.4. The van der Waals surface area contributed by atoms with Gasteiger partial charge in [0.15, 0.2) is 0 Å². The summed E-state index contributed by atoms with van der Waals surface area (Å²) in [5.74, 6) is -0.0856. The van der Waals surface area contributed by atoms with Crippen LogP contribution < -0.4 is 5.32 Å². The molecule has 0 aromatic carbocycles. The summed E-state index contributed by atoms with van der Waals surface area (Å²) in [5, 5.41) is 12.0. The zero-order chi connectivity index (χ0) is 14.5. The van der Waals surface area contributed by atoms with Crippen molar-refractivity contribution in [3.8, 4) is 0 Å². The van der Waals surface area contributed by atoms with Crippen molar-refractivity contribution >= 4 is 12.0 Å². The molecule has 2 N–H and O–H groups in total. The first kappa shape index (κ1) is 15.1. The molecule has 5 heteroatoms. The van der Waals surface area contributed by atoms with Gasteiger partial charge < -0.3 is 15.3 Å². The first-order chi connectivity index (χ1) is 9.60. The van der Waals surface area contributed by atoms with Crippen molar-refractivity contribution in [3.63, 3.8) is 0 Å². The van der Waals surface area contributed by atoms with Crippen molar-refractivity contribution < 1.29 is 14.7 Å². The van der Waals surface area contributed by atoms with E-state index in [0.29, 0.717) is 12.8 Å². The average molecular weight is 282 g/mol. The summed E-state index contributed by atoms with van der Waals surface area (Å²) >= 11 is 0. The molecule has 5 nitrogen and oxygen atoms in total. The Hall–Kier alpha value is -1.26. The zero-order valence-electron chi connectivity index (χ0n) is 12.3. The topological polar surface area (TPSA) is 69.6 Å². The van der Waals surface area contributed by atoms with Gasteiger partial charge in [0.05, 0.1) is 5.92 Å². The molecular weight excluding hydrogens is 256 g/mol. The number of rotatable bonds is 6. The Balaban J connectivity index is 1.71. The summed E-state index contributed by atoms with van der Waals surface area (Å²) in [4.78, 5) is 25.0. The molecule has 2 amide bonds. The van der Waals surface area contributed by atoms with Crippen LogP contribution in [0.25, 0.3) is 0 Å². The van der Waals surface area contributed by atoms with Crippen LogP contribution in [-0.2, 0) is 4.79 Å². The third-order valence-electron chi connectivity index (χ3n) is 4.58. The summed E-state index contributed by atoms with van der Waals surface area (Å²) in [7, 11) is 0. The molecule has 0 atom stereocenters. The molecule has 0 radical (unpaired) electrons. The predicted molar refractivity (Wildman–Crippen MR) is 76.5 cm³/mol. The maximum Gasteiger partial charge on any atom is 0.317 e. The van der Waals surface area contributed by atoms with Crippen molar-refractivity contribution in [1.29, 1.82) is 0 Å². The van der Waals surface area contributed by atoms with E-state index in [0.717, 1.165) is 38.3 Å². The smallest absolute Gasteiger partial charge is 0.317 e. The number of carboxylic acids is 1. The van der Waals surface area contributed by atoms with Gasteiger partial charge in [0.25, 0.3) is 0 Å². The van der Waals surface area contributed by atoms with Crippen LogP contribution >= 0.6 is 0 Å². The summed E-state index contributed by atoms with van der Waals surface area (Å²) < 4.78 is 0. The van der Waals surface area contributed by atoms with Gasteiger partial charge in [-0.25, -0.2) is 4.79 Å². The molecule has 2 aliphatic rings. The van der Waals surface area contributed by atoms with Gasteiger partial charge in [-0.3, -0.25) is 4.79 Å². The number of urea groups is 1. The lowest BCUT2D eigenvalue weighted by Gasteiger charge is -2.29. The van der Waals surface area contributed by atoms with Crippen molar-refractivity contribution in [2.75, 3.05) is 13.1 Å². The third-order valence-corrected chi connectivity index (χ3v) is 4.58. The molecule has 0 unspecified atom stereocenters. The Kier molecular flexibility index (Phi) is 5.26. The van der Waals surface area contributed by atoms with E-state index in [4.69, 9.17) is 5.11 Å². The second-order valence-electron chi connectivity index (χ2n) is 6.15. The summed E-state index contributed by atoms with van der Waals surface area (Å²) in [6.07, 6.45) is 6.67. The van der Waals surface area contributed by atoms with E-state index >= 15 is 0 Å². The molecule has 2 saturated carbocycles. The van der Waals surface area contributed by atoms with Gasteiger partial charge in [-0.15, -0.1) is 0 Å². The van der Waals surface area contributed by atoms with Crippen molar-refractivity contribution in [3.05, 3.63) is 0 Å². The van der Waals surface area contributed by atoms with Crippen LogP contribution in [0, 0.1) is 11.8 Å². The van der Waals surface area contributed by atoms with E-state index < -0.39 is 5.97 Å². The van der Waals surface area contributed by atoms with Gasteiger partial charge in [-0.2, -0.15) is 0 Å². The largest absolute Gasteiger partial charge is 0.481 e. The number of nitrogens with zero attached hydrogens (tertiary/aromatic N) is 1. The van der Waals surface area contributed by atoms with Crippen LogP contribution in [0.5, 0.6) is 0 Å². The molecule has 0 aromatic rings. The Labute approximate surface area is 120 Å². The fraction of sp³-hybridized carbons (Fsp3) is 0.867. The normalized spacial score (nSPS) is 26.1. The third kappa shape index (κ3) is 4.39. The van der Waals surface area contributed by atoms with Gasteiger partial charge in [-0.05, 0) is 44.9 Å². The molecular formula is C15H26N2O3. The van der Waals surface area contributed by atoms with Gasteiger partial charge in [-0.1, -0.05) is 12.8 Å². The maximum atomic E-state index is 12.2. The van der Waals surface area contributed by atoms with Gasteiger partial charge in [0, 0.05) is 19.1 Å². The molecule has 2 aliphatic carbocycles. The molecule has 0 aromatic heterocycles. The summed E-state index contributed by atoms with van der Waals surface area (Å²) in [5.41, 5.74) is 0. The predicted octanol–water partition coefficient (Wildman–Crippen LogP) is 2.46. The van der Waals surface area contributed by atoms with Gasteiger partial charge in [0.2, 0.25) is 0 Å². The Morgan fingerprint density at radius 1 is 1.15 bits per heavy atom. The van der Waals surface area contributed by atoms with E-state index in [1.807, 2.05) is 11.8 Å². The van der Waals surface area contributed by atoms with Crippen LogP contribution in [-0.4, -0.2) is 41.1 Å². The van der Waals surface area contributed by atoms with E-state index in [2.05, 4.69) is 5.32 Å². The Morgan fingerprint density at radius 3 is 2.30 bits per heavy atom. The molecule has 0 spiro atoms. The lowest BCUT2D eigenvalue weighted by Crippen LogP contribution is -2.46. The number of amides is 2. The standard InChI is InChI=1S/C15H26N2O3/c1-2-17(10-9-11-3-4-11)15(20)16-13-7-5-12(6-8-13)14(18)19/h11-13H,2-10H2,1H3,(H,16,20)(H,18,19). The number of aliphatic carboxylic acids is 1. The average Bonchev–Trinajstić information content (AvgIpc) is 3.24. The van der Waals surface area contributed by atoms with Crippen molar-refractivity contribution in [1.82, 2.24) is 10.2 Å². The van der Waals surface area contributed by atoms with E-state index in [9.17, 15) is 9.59 Å². The minimum Gasteiger partial charge on any atom is -0.481 e. The lowest BCUT2D eigenvalue weighted by molar-refractivity contribution is -0.142. The van der Waals surface area contributed by atoms with Crippen LogP contribution in [0.3, 0.4) is 0 Å². The first-order valence-corrected chi connectivity index (χ1v) is 7.88. The van der Waals surface area contributed by atoms with Crippen LogP contribution in [0.4, 0.5) is 4.79 Å². The minimum atomic E-state index is -0.700. The second-order valence-corrected chi connectivity index (χ2v) is 6.15. The molecule has 0 bridgehead atoms. The molecule has 0 saturated heterocycles. The zero-order valence-corrected chi connectivity index (χ0v) is 12.3. The number of nitrogens with one attached hydrogen (secondary N) is 1.